The topological polar surface area (TPSA) is 71.8 Å². The third-order valence-corrected chi connectivity index (χ3v) is 5.28. The molecule has 1 aliphatic rings. The van der Waals surface area contributed by atoms with Crippen LogP contribution in [0.15, 0.2) is 51.7 Å². The fourth-order valence-electron chi connectivity index (χ4n) is 3.44. The molecule has 4 rings (SSSR count). The second-order valence-corrected chi connectivity index (χ2v) is 7.16. The highest BCUT2D eigenvalue weighted by molar-refractivity contribution is 6.32. The van der Waals surface area contributed by atoms with Crippen molar-refractivity contribution in [2.24, 2.45) is 0 Å². The van der Waals surface area contributed by atoms with Crippen molar-refractivity contribution in [3.05, 3.63) is 69.0 Å². The predicted molar refractivity (Wildman–Crippen MR) is 108 cm³/mol. The molecule has 0 spiro atoms. The molecule has 1 amide bonds. The number of hydrogen-bond acceptors (Lipinski definition) is 5. The van der Waals surface area contributed by atoms with Crippen LogP contribution in [-0.2, 0) is 11.3 Å². The van der Waals surface area contributed by atoms with E-state index in [1.807, 2.05) is 42.2 Å². The highest BCUT2D eigenvalue weighted by Gasteiger charge is 2.30. The first kappa shape index (κ1) is 18.4. The molecule has 0 saturated heterocycles. The molecule has 28 heavy (non-hydrogen) atoms. The number of nitrogens with one attached hydrogen (secondary N) is 1. The molecule has 1 aliphatic heterocycles. The summed E-state index contributed by atoms with van der Waals surface area (Å²) in [4.78, 5) is 26.3. The van der Waals surface area contributed by atoms with E-state index in [9.17, 15) is 9.59 Å². The van der Waals surface area contributed by atoms with Gasteiger partial charge in [0.1, 0.15) is 11.3 Å². The van der Waals surface area contributed by atoms with Crippen LogP contribution < -0.4 is 20.6 Å². The van der Waals surface area contributed by atoms with Crippen LogP contribution in [0.1, 0.15) is 11.1 Å². The largest absolute Gasteiger partial charge is 0.477 e. The van der Waals surface area contributed by atoms with Crippen molar-refractivity contribution in [2.75, 3.05) is 18.5 Å². The van der Waals surface area contributed by atoms with Gasteiger partial charge in [0.15, 0.2) is 6.10 Å². The quantitative estimate of drug-likeness (QED) is 0.685. The number of rotatable bonds is 3. The number of halogens is 1. The van der Waals surface area contributed by atoms with E-state index in [-0.39, 0.29) is 5.91 Å². The molecule has 0 radical (unpaired) electrons. The van der Waals surface area contributed by atoms with Gasteiger partial charge in [-0.2, -0.15) is 0 Å². The Bertz CT molecular complexity index is 1130. The number of likely N-dealkylation sites (N-methyl/N-ethyl adjacent to an activating group) is 1. The summed E-state index contributed by atoms with van der Waals surface area (Å²) in [6.45, 7) is 2.63. The van der Waals surface area contributed by atoms with Gasteiger partial charge in [-0.25, -0.2) is 4.79 Å². The molecular formula is C21H19ClN2O4. The number of nitrogens with zero attached hydrogens (tertiary/aromatic N) is 1. The summed E-state index contributed by atoms with van der Waals surface area (Å²) in [6, 6.07) is 12.6. The summed E-state index contributed by atoms with van der Waals surface area (Å²) in [5.74, 6) is 0.430. The lowest BCUT2D eigenvalue weighted by molar-refractivity contribution is -0.127. The number of anilines is 1. The summed E-state index contributed by atoms with van der Waals surface area (Å²) >= 11 is 6.30. The molecular weight excluding hydrogens is 380 g/mol. The number of para-hydroxylation sites is 2. The lowest BCUT2D eigenvalue weighted by Gasteiger charge is -2.35. The zero-order chi connectivity index (χ0) is 19.8. The Morgan fingerprint density at radius 2 is 2.07 bits per heavy atom. The Hall–Kier alpha value is -2.99. The highest BCUT2D eigenvalue weighted by Crippen LogP contribution is 2.35. The molecule has 2 heterocycles. The van der Waals surface area contributed by atoms with Gasteiger partial charge in [-0.1, -0.05) is 23.7 Å². The molecule has 2 aromatic carbocycles. The van der Waals surface area contributed by atoms with Gasteiger partial charge < -0.3 is 19.4 Å². The van der Waals surface area contributed by atoms with E-state index in [4.69, 9.17) is 20.8 Å². The molecule has 0 fully saturated rings. The van der Waals surface area contributed by atoms with Crippen LogP contribution in [0.25, 0.3) is 11.0 Å². The zero-order valence-electron chi connectivity index (χ0n) is 15.5. The first-order valence-corrected chi connectivity index (χ1v) is 9.29. The summed E-state index contributed by atoms with van der Waals surface area (Å²) in [6.07, 6.45) is -0.642. The van der Waals surface area contributed by atoms with E-state index in [0.29, 0.717) is 29.4 Å². The first-order valence-electron chi connectivity index (χ1n) is 8.91. The number of amides is 1. The van der Waals surface area contributed by atoms with Gasteiger partial charge in [-0.05, 0) is 42.3 Å². The third-order valence-electron chi connectivity index (χ3n) is 4.87. The zero-order valence-corrected chi connectivity index (χ0v) is 16.2. The number of hydrogen-bond donors (Lipinski definition) is 1. The minimum atomic E-state index is -0.642. The Balaban J connectivity index is 1.79. The summed E-state index contributed by atoms with van der Waals surface area (Å²) < 4.78 is 11.2. The summed E-state index contributed by atoms with van der Waals surface area (Å²) in [5, 5.41) is 4.01. The summed E-state index contributed by atoms with van der Waals surface area (Å²) in [7, 11) is 1.58. The molecule has 6 nitrogen and oxygen atoms in total. The monoisotopic (exact) mass is 398 g/mol. The maximum Gasteiger partial charge on any atom is 0.336 e. The smallest absolute Gasteiger partial charge is 0.336 e. The van der Waals surface area contributed by atoms with Crippen LogP contribution in [-0.4, -0.2) is 25.6 Å². The van der Waals surface area contributed by atoms with E-state index in [1.165, 1.54) is 6.07 Å². The average molecular weight is 399 g/mol. The number of carbonyl (C=O) groups excluding carboxylic acids is 1. The van der Waals surface area contributed by atoms with E-state index < -0.39 is 11.7 Å². The highest BCUT2D eigenvalue weighted by atomic mass is 35.5. The Morgan fingerprint density at radius 1 is 1.29 bits per heavy atom. The van der Waals surface area contributed by atoms with Crippen LogP contribution >= 0.6 is 11.6 Å². The molecule has 1 atom stereocenters. The first-order chi connectivity index (χ1) is 13.5. The standard InChI is InChI=1S/C21H19ClN2O4/c1-12-7-18-14(9-15(12)22)13(8-20(25)28-18)10-24-11-19(21(26)23-2)27-17-6-4-3-5-16(17)24/h3-9,19H,10-11H2,1-2H3,(H,23,26)/t19-/m0/s1. The van der Waals surface area contributed by atoms with Gasteiger partial charge in [0.2, 0.25) is 0 Å². The Morgan fingerprint density at radius 3 is 2.86 bits per heavy atom. The fourth-order valence-corrected chi connectivity index (χ4v) is 3.60. The molecule has 1 N–H and O–H groups in total. The van der Waals surface area contributed by atoms with Crippen LogP contribution in [0.4, 0.5) is 5.69 Å². The predicted octanol–water partition coefficient (Wildman–Crippen LogP) is 3.27. The average Bonchev–Trinajstić information content (AvgIpc) is 2.68. The second-order valence-electron chi connectivity index (χ2n) is 6.76. The second kappa shape index (κ2) is 7.20. The molecule has 0 bridgehead atoms. The van der Waals surface area contributed by atoms with Gasteiger partial charge >= 0.3 is 5.63 Å². The fraction of sp³-hybridized carbons (Fsp3) is 0.238. The van der Waals surface area contributed by atoms with Gasteiger partial charge in [-0.3, -0.25) is 4.79 Å². The van der Waals surface area contributed by atoms with Gasteiger partial charge in [0, 0.05) is 30.1 Å². The van der Waals surface area contributed by atoms with Crippen LogP contribution in [0.5, 0.6) is 5.75 Å². The van der Waals surface area contributed by atoms with Crippen molar-refractivity contribution in [3.8, 4) is 5.75 Å². The van der Waals surface area contributed by atoms with Crippen molar-refractivity contribution >= 4 is 34.2 Å². The van der Waals surface area contributed by atoms with Crippen molar-refractivity contribution in [2.45, 2.75) is 19.6 Å². The van der Waals surface area contributed by atoms with Crippen LogP contribution in [0.3, 0.4) is 0 Å². The number of fused-ring (bicyclic) bond motifs is 2. The molecule has 3 aromatic rings. The van der Waals surface area contributed by atoms with Gasteiger partial charge in [0.05, 0.1) is 12.2 Å². The minimum Gasteiger partial charge on any atom is -0.477 e. The molecule has 7 heteroatoms. The number of aryl methyl sites for hydroxylation is 1. The number of benzene rings is 2. The molecule has 144 valence electrons. The van der Waals surface area contributed by atoms with Crippen molar-refractivity contribution in [3.63, 3.8) is 0 Å². The Kier molecular flexibility index (Phi) is 4.73. The lowest BCUT2D eigenvalue weighted by Crippen LogP contribution is -2.48. The van der Waals surface area contributed by atoms with Gasteiger partial charge in [-0.15, -0.1) is 0 Å². The Labute approximate surface area is 166 Å². The van der Waals surface area contributed by atoms with Crippen LogP contribution in [0, 0.1) is 6.92 Å². The van der Waals surface area contributed by atoms with E-state index in [0.717, 1.165) is 22.2 Å². The lowest BCUT2D eigenvalue weighted by atomic mass is 10.1. The van der Waals surface area contributed by atoms with Crippen LogP contribution in [0.2, 0.25) is 5.02 Å². The van der Waals surface area contributed by atoms with Crippen molar-refractivity contribution in [1.82, 2.24) is 5.32 Å². The molecule has 1 aromatic heterocycles. The van der Waals surface area contributed by atoms with E-state index in [2.05, 4.69) is 5.32 Å². The minimum absolute atomic E-state index is 0.199. The third kappa shape index (κ3) is 3.31. The maximum atomic E-state index is 12.2. The van der Waals surface area contributed by atoms with Crippen molar-refractivity contribution in [1.29, 1.82) is 0 Å². The number of carbonyl (C=O) groups is 1. The van der Waals surface area contributed by atoms with E-state index in [1.54, 1.807) is 13.1 Å². The maximum absolute atomic E-state index is 12.2. The van der Waals surface area contributed by atoms with E-state index >= 15 is 0 Å². The molecule has 0 unspecified atom stereocenters. The molecule has 0 aliphatic carbocycles. The summed E-state index contributed by atoms with van der Waals surface area (Å²) in [5.41, 5.74) is 2.55. The van der Waals surface area contributed by atoms with Crippen molar-refractivity contribution < 1.29 is 13.9 Å². The SMILES string of the molecule is CNC(=O)[C@@H]1CN(Cc2cc(=O)oc3cc(C)c(Cl)cc23)c2ccccc2O1. The molecule has 0 saturated carbocycles. The van der Waals surface area contributed by atoms with Gasteiger partial charge in [0.25, 0.3) is 5.91 Å². The number of ether oxygens (including phenoxy) is 1. The normalized spacial score (nSPS) is 15.8.